The van der Waals surface area contributed by atoms with Crippen LogP contribution in [0, 0.1) is 11.6 Å². The summed E-state index contributed by atoms with van der Waals surface area (Å²) >= 11 is 2.94. The van der Waals surface area contributed by atoms with E-state index in [1.807, 2.05) is 0 Å². The molecule has 21 heavy (non-hydrogen) atoms. The fourth-order valence-electron chi connectivity index (χ4n) is 1.91. The minimum absolute atomic E-state index is 0.0478. The molecule has 0 bridgehead atoms. The third-order valence-corrected chi connectivity index (χ3v) is 3.67. The smallest absolute Gasteiger partial charge is 0.331 e. The van der Waals surface area contributed by atoms with Crippen LogP contribution in [0.5, 0.6) is 0 Å². The molecule has 0 radical (unpaired) electrons. The Morgan fingerprint density at radius 2 is 1.95 bits per heavy atom. The maximum absolute atomic E-state index is 14.0. The van der Waals surface area contributed by atoms with Crippen LogP contribution in [0.3, 0.4) is 0 Å². The Bertz CT molecular complexity index is 814. The zero-order chi connectivity index (χ0) is 15.7. The number of rotatable bonds is 3. The summed E-state index contributed by atoms with van der Waals surface area (Å²) < 4.78 is 29.7. The van der Waals surface area contributed by atoms with Crippen molar-refractivity contribution in [2.45, 2.75) is 20.0 Å². The topological polar surface area (TPSA) is 70.0 Å². The zero-order valence-corrected chi connectivity index (χ0v) is 12.7. The van der Waals surface area contributed by atoms with Gasteiger partial charge in [0.2, 0.25) is 0 Å². The molecule has 0 aliphatic rings. The van der Waals surface area contributed by atoms with Crippen LogP contribution in [0.2, 0.25) is 0 Å². The van der Waals surface area contributed by atoms with Crippen LogP contribution >= 0.6 is 15.9 Å². The minimum atomic E-state index is -0.855. The molecule has 0 saturated carbocycles. The maximum Gasteiger partial charge on any atom is 0.331 e. The summed E-state index contributed by atoms with van der Waals surface area (Å²) in [5, 5.41) is 0. The van der Waals surface area contributed by atoms with Gasteiger partial charge in [-0.25, -0.2) is 13.6 Å². The van der Waals surface area contributed by atoms with Crippen molar-refractivity contribution in [2.75, 3.05) is 5.73 Å². The summed E-state index contributed by atoms with van der Waals surface area (Å²) in [6, 6.07) is 2.26. The number of anilines is 1. The zero-order valence-electron chi connectivity index (χ0n) is 11.1. The number of nitrogen functional groups attached to an aromatic ring is 1. The van der Waals surface area contributed by atoms with Gasteiger partial charge in [0, 0.05) is 18.3 Å². The van der Waals surface area contributed by atoms with Crippen LogP contribution in [-0.2, 0) is 13.1 Å². The van der Waals surface area contributed by atoms with Gasteiger partial charge in [-0.15, -0.1) is 0 Å². The van der Waals surface area contributed by atoms with Gasteiger partial charge in [0.15, 0.2) is 0 Å². The van der Waals surface area contributed by atoms with E-state index in [4.69, 9.17) is 5.73 Å². The molecule has 0 aliphatic heterocycles. The van der Waals surface area contributed by atoms with Crippen molar-refractivity contribution in [3.63, 3.8) is 0 Å². The number of benzene rings is 1. The van der Waals surface area contributed by atoms with E-state index in [1.54, 1.807) is 6.92 Å². The first-order valence-electron chi connectivity index (χ1n) is 6.09. The Morgan fingerprint density at radius 1 is 1.29 bits per heavy atom. The SMILES string of the molecule is CCn1cc(N)c(=O)n(Cc2c(F)ccc(Br)c2F)c1=O. The normalized spacial score (nSPS) is 10.9. The van der Waals surface area contributed by atoms with Gasteiger partial charge in [-0.3, -0.25) is 13.9 Å². The van der Waals surface area contributed by atoms with Crippen LogP contribution < -0.4 is 17.0 Å². The first-order chi connectivity index (χ1) is 9.86. The molecule has 2 rings (SSSR count). The van der Waals surface area contributed by atoms with E-state index in [-0.39, 0.29) is 22.3 Å². The van der Waals surface area contributed by atoms with E-state index in [2.05, 4.69) is 15.9 Å². The molecule has 1 aromatic heterocycles. The number of halogens is 3. The Morgan fingerprint density at radius 3 is 2.57 bits per heavy atom. The average Bonchev–Trinajstić information content (AvgIpc) is 2.46. The van der Waals surface area contributed by atoms with Crippen molar-refractivity contribution < 1.29 is 8.78 Å². The van der Waals surface area contributed by atoms with Crippen molar-refractivity contribution >= 4 is 21.6 Å². The lowest BCUT2D eigenvalue weighted by molar-refractivity contribution is 0.522. The van der Waals surface area contributed by atoms with Crippen molar-refractivity contribution in [3.05, 3.63) is 60.8 Å². The highest BCUT2D eigenvalue weighted by Gasteiger charge is 2.16. The van der Waals surface area contributed by atoms with Crippen molar-refractivity contribution in [2.24, 2.45) is 0 Å². The number of hydrogen-bond acceptors (Lipinski definition) is 3. The third kappa shape index (κ3) is 2.76. The lowest BCUT2D eigenvalue weighted by Gasteiger charge is -2.11. The second-order valence-corrected chi connectivity index (χ2v) is 5.22. The van der Waals surface area contributed by atoms with Gasteiger partial charge in [0.1, 0.15) is 17.3 Å². The molecule has 0 saturated heterocycles. The summed E-state index contributed by atoms with van der Waals surface area (Å²) in [7, 11) is 0. The van der Waals surface area contributed by atoms with Gasteiger partial charge in [0.25, 0.3) is 5.56 Å². The van der Waals surface area contributed by atoms with E-state index >= 15 is 0 Å². The number of aromatic nitrogens is 2. The predicted molar refractivity (Wildman–Crippen MR) is 78.2 cm³/mol. The van der Waals surface area contributed by atoms with Gasteiger partial charge >= 0.3 is 5.69 Å². The van der Waals surface area contributed by atoms with Crippen molar-refractivity contribution in [3.8, 4) is 0 Å². The molecule has 0 spiro atoms. The molecule has 0 unspecified atom stereocenters. The van der Waals surface area contributed by atoms with Gasteiger partial charge < -0.3 is 5.73 Å². The molecule has 0 atom stereocenters. The molecule has 0 aliphatic carbocycles. The second-order valence-electron chi connectivity index (χ2n) is 4.37. The summed E-state index contributed by atoms with van der Waals surface area (Å²) in [4.78, 5) is 24.0. The average molecular weight is 360 g/mol. The Hall–Kier alpha value is -1.96. The largest absolute Gasteiger partial charge is 0.393 e. The third-order valence-electron chi connectivity index (χ3n) is 3.06. The lowest BCUT2D eigenvalue weighted by atomic mass is 10.2. The highest BCUT2D eigenvalue weighted by molar-refractivity contribution is 9.10. The van der Waals surface area contributed by atoms with E-state index in [9.17, 15) is 18.4 Å². The van der Waals surface area contributed by atoms with Crippen LogP contribution in [0.4, 0.5) is 14.5 Å². The van der Waals surface area contributed by atoms with E-state index in [0.29, 0.717) is 4.57 Å². The van der Waals surface area contributed by atoms with Gasteiger partial charge in [-0.1, -0.05) is 0 Å². The van der Waals surface area contributed by atoms with Crippen molar-refractivity contribution in [1.29, 1.82) is 0 Å². The van der Waals surface area contributed by atoms with Gasteiger partial charge in [0.05, 0.1) is 11.0 Å². The molecule has 5 nitrogen and oxygen atoms in total. The molecule has 1 heterocycles. The Balaban J connectivity index is 2.66. The lowest BCUT2D eigenvalue weighted by Crippen LogP contribution is -2.41. The molecule has 112 valence electrons. The highest BCUT2D eigenvalue weighted by atomic mass is 79.9. The molecule has 8 heteroatoms. The molecule has 1 aromatic carbocycles. The standard InChI is InChI=1S/C13H12BrF2N3O2/c1-2-18-6-10(17)12(20)19(13(18)21)5-7-9(15)4-3-8(14)11(7)16/h3-4,6H,2,5,17H2,1H3. The molecule has 0 fully saturated rings. The first-order valence-corrected chi connectivity index (χ1v) is 6.88. The maximum atomic E-state index is 14.0. The van der Waals surface area contributed by atoms with Crippen LogP contribution in [0.1, 0.15) is 12.5 Å². The summed E-state index contributed by atoms with van der Waals surface area (Å²) in [5.74, 6) is -1.70. The highest BCUT2D eigenvalue weighted by Crippen LogP contribution is 2.21. The Kier molecular flexibility index (Phi) is 4.26. The first kappa shape index (κ1) is 15.4. The molecular formula is C13H12BrF2N3O2. The fraction of sp³-hybridized carbons (Fsp3) is 0.231. The van der Waals surface area contributed by atoms with Gasteiger partial charge in [-0.05, 0) is 35.0 Å². The monoisotopic (exact) mass is 359 g/mol. The number of hydrogen-bond donors (Lipinski definition) is 1. The fourth-order valence-corrected chi connectivity index (χ4v) is 2.29. The van der Waals surface area contributed by atoms with Gasteiger partial charge in [-0.2, -0.15) is 0 Å². The van der Waals surface area contributed by atoms with Crippen molar-refractivity contribution in [1.82, 2.24) is 9.13 Å². The summed E-state index contributed by atoms with van der Waals surface area (Å²) in [6.07, 6.45) is 1.22. The van der Waals surface area contributed by atoms with Crippen LogP contribution in [0.15, 0.2) is 32.4 Å². The van der Waals surface area contributed by atoms with E-state index in [0.717, 1.165) is 6.07 Å². The quantitative estimate of drug-likeness (QED) is 0.848. The summed E-state index contributed by atoms with van der Waals surface area (Å²) in [5.41, 5.74) is 3.55. The molecule has 0 amide bonds. The molecular weight excluding hydrogens is 348 g/mol. The molecule has 2 aromatic rings. The summed E-state index contributed by atoms with van der Waals surface area (Å²) in [6.45, 7) is 1.45. The predicted octanol–water partition coefficient (Wildman–Crippen LogP) is 1.70. The van der Waals surface area contributed by atoms with E-state index in [1.165, 1.54) is 16.8 Å². The number of nitrogens with two attached hydrogens (primary N) is 1. The van der Waals surface area contributed by atoms with Crippen LogP contribution in [0.25, 0.3) is 0 Å². The molecule has 2 N–H and O–H groups in total. The number of aryl methyl sites for hydroxylation is 1. The van der Waals surface area contributed by atoms with E-state index < -0.39 is 29.4 Å². The minimum Gasteiger partial charge on any atom is -0.393 e. The van der Waals surface area contributed by atoms with Crippen LogP contribution in [-0.4, -0.2) is 9.13 Å². The number of nitrogens with zero attached hydrogens (tertiary/aromatic N) is 2. The Labute approximate surface area is 126 Å². The second kappa shape index (κ2) is 5.80.